The molecule has 0 aliphatic carbocycles. The van der Waals surface area contributed by atoms with Gasteiger partial charge in [0.25, 0.3) is 0 Å². The van der Waals surface area contributed by atoms with E-state index in [2.05, 4.69) is 41.5 Å². The Hall–Kier alpha value is -2.24. The number of aromatic nitrogens is 1. The minimum absolute atomic E-state index is 0.123. The molecule has 2 heterocycles. The van der Waals surface area contributed by atoms with Gasteiger partial charge in [0, 0.05) is 31.5 Å². The SMILES string of the molecule is C[C@@H](NCC(=O)N1CCOCC1)c1ccc(-c2cccnc2)cc1. The van der Waals surface area contributed by atoms with Crippen LogP contribution >= 0.6 is 0 Å². The molecule has 1 aromatic heterocycles. The Morgan fingerprint density at radius 2 is 1.96 bits per heavy atom. The molecule has 24 heavy (non-hydrogen) atoms. The number of amides is 1. The van der Waals surface area contributed by atoms with Crippen LogP contribution in [0.5, 0.6) is 0 Å². The molecule has 0 unspecified atom stereocenters. The molecule has 0 bridgehead atoms. The largest absolute Gasteiger partial charge is 0.378 e. The highest BCUT2D eigenvalue weighted by Gasteiger charge is 2.17. The molecule has 1 N–H and O–H groups in total. The number of ether oxygens (including phenoxy) is 1. The first-order chi connectivity index (χ1) is 11.7. The second-order valence-electron chi connectivity index (χ2n) is 5.96. The van der Waals surface area contributed by atoms with Gasteiger partial charge < -0.3 is 15.0 Å². The van der Waals surface area contributed by atoms with Crippen LogP contribution in [0.15, 0.2) is 48.8 Å². The van der Waals surface area contributed by atoms with E-state index in [1.165, 1.54) is 0 Å². The summed E-state index contributed by atoms with van der Waals surface area (Å²) in [6.45, 7) is 5.08. The van der Waals surface area contributed by atoms with Crippen molar-refractivity contribution in [3.8, 4) is 11.1 Å². The molecule has 0 saturated carbocycles. The quantitative estimate of drug-likeness (QED) is 0.916. The molecule has 3 rings (SSSR count). The average molecular weight is 325 g/mol. The smallest absolute Gasteiger partial charge is 0.236 e. The first-order valence-corrected chi connectivity index (χ1v) is 8.33. The van der Waals surface area contributed by atoms with Crippen LogP contribution < -0.4 is 5.32 Å². The highest BCUT2D eigenvalue weighted by Crippen LogP contribution is 2.21. The molecule has 2 aromatic rings. The van der Waals surface area contributed by atoms with Crippen molar-refractivity contribution in [1.82, 2.24) is 15.2 Å². The number of rotatable bonds is 5. The first kappa shape index (κ1) is 16.6. The van der Waals surface area contributed by atoms with Gasteiger partial charge in [-0.15, -0.1) is 0 Å². The molecular weight excluding hydrogens is 302 g/mol. The van der Waals surface area contributed by atoms with Crippen LogP contribution in [-0.2, 0) is 9.53 Å². The molecule has 5 heteroatoms. The van der Waals surface area contributed by atoms with Gasteiger partial charge in [-0.1, -0.05) is 30.3 Å². The fourth-order valence-electron chi connectivity index (χ4n) is 2.78. The van der Waals surface area contributed by atoms with Crippen molar-refractivity contribution < 1.29 is 9.53 Å². The van der Waals surface area contributed by atoms with Gasteiger partial charge in [0.1, 0.15) is 0 Å². The van der Waals surface area contributed by atoms with Crippen LogP contribution in [0, 0.1) is 0 Å². The molecule has 5 nitrogen and oxygen atoms in total. The molecule has 1 saturated heterocycles. The van der Waals surface area contributed by atoms with Crippen LogP contribution in [0.4, 0.5) is 0 Å². The van der Waals surface area contributed by atoms with Crippen molar-refractivity contribution in [2.24, 2.45) is 0 Å². The lowest BCUT2D eigenvalue weighted by molar-refractivity contribution is -0.134. The van der Waals surface area contributed by atoms with Crippen LogP contribution in [0.1, 0.15) is 18.5 Å². The van der Waals surface area contributed by atoms with E-state index in [0.717, 1.165) is 16.7 Å². The number of hydrogen-bond acceptors (Lipinski definition) is 4. The minimum atomic E-state index is 0.123. The predicted molar refractivity (Wildman–Crippen MR) is 93.5 cm³/mol. The molecule has 1 fully saturated rings. The van der Waals surface area contributed by atoms with E-state index in [9.17, 15) is 4.79 Å². The summed E-state index contributed by atoms with van der Waals surface area (Å²) in [6.07, 6.45) is 3.63. The summed E-state index contributed by atoms with van der Waals surface area (Å²) < 4.78 is 5.27. The zero-order chi connectivity index (χ0) is 16.8. The topological polar surface area (TPSA) is 54.5 Å². The van der Waals surface area contributed by atoms with Crippen LogP contribution in [0.2, 0.25) is 0 Å². The fraction of sp³-hybridized carbons (Fsp3) is 0.368. The zero-order valence-electron chi connectivity index (χ0n) is 13.9. The Morgan fingerprint density at radius 1 is 1.21 bits per heavy atom. The van der Waals surface area contributed by atoms with Crippen molar-refractivity contribution >= 4 is 5.91 Å². The molecule has 0 spiro atoms. The van der Waals surface area contributed by atoms with Gasteiger partial charge in [-0.25, -0.2) is 0 Å². The molecular formula is C19H23N3O2. The number of hydrogen-bond donors (Lipinski definition) is 1. The number of benzene rings is 1. The van der Waals surface area contributed by atoms with Gasteiger partial charge >= 0.3 is 0 Å². The van der Waals surface area contributed by atoms with E-state index >= 15 is 0 Å². The van der Waals surface area contributed by atoms with Crippen LogP contribution in [0.3, 0.4) is 0 Å². The summed E-state index contributed by atoms with van der Waals surface area (Å²) >= 11 is 0. The molecule has 1 atom stereocenters. The maximum absolute atomic E-state index is 12.2. The zero-order valence-corrected chi connectivity index (χ0v) is 13.9. The summed E-state index contributed by atoms with van der Waals surface area (Å²) in [5.41, 5.74) is 3.41. The maximum atomic E-state index is 12.2. The second-order valence-corrected chi connectivity index (χ2v) is 5.96. The van der Waals surface area contributed by atoms with E-state index in [4.69, 9.17) is 4.74 Å². The van der Waals surface area contributed by atoms with Gasteiger partial charge in [-0.2, -0.15) is 0 Å². The highest BCUT2D eigenvalue weighted by atomic mass is 16.5. The van der Waals surface area contributed by atoms with Crippen molar-refractivity contribution in [3.63, 3.8) is 0 Å². The van der Waals surface area contributed by atoms with Gasteiger partial charge in [0.15, 0.2) is 0 Å². The number of pyridine rings is 1. The second kappa shape index (κ2) is 8.04. The van der Waals surface area contributed by atoms with Crippen molar-refractivity contribution in [1.29, 1.82) is 0 Å². The fourth-order valence-corrected chi connectivity index (χ4v) is 2.78. The summed E-state index contributed by atoms with van der Waals surface area (Å²) in [5, 5.41) is 3.31. The average Bonchev–Trinajstić information content (AvgIpc) is 2.67. The van der Waals surface area contributed by atoms with Crippen LogP contribution in [-0.4, -0.2) is 48.6 Å². The Bertz CT molecular complexity index is 652. The molecule has 1 aliphatic heterocycles. The standard InChI is InChI=1S/C19H23N3O2/c1-15(21-14-19(23)22-9-11-24-12-10-22)16-4-6-17(7-5-16)18-3-2-8-20-13-18/h2-8,13,15,21H,9-12,14H2,1H3/t15-/m1/s1. The Labute approximate surface area is 142 Å². The first-order valence-electron chi connectivity index (χ1n) is 8.33. The van der Waals surface area contributed by atoms with Gasteiger partial charge in [-0.3, -0.25) is 9.78 Å². The normalized spacial score (nSPS) is 16.0. The number of nitrogens with zero attached hydrogens (tertiary/aromatic N) is 2. The van der Waals surface area contributed by atoms with Crippen molar-refractivity contribution in [2.75, 3.05) is 32.8 Å². The molecule has 126 valence electrons. The highest BCUT2D eigenvalue weighted by molar-refractivity contribution is 5.78. The van der Waals surface area contributed by atoms with E-state index in [-0.39, 0.29) is 11.9 Å². The van der Waals surface area contributed by atoms with Crippen molar-refractivity contribution in [2.45, 2.75) is 13.0 Å². The third-order valence-corrected chi connectivity index (χ3v) is 4.33. The molecule has 1 aromatic carbocycles. The monoisotopic (exact) mass is 325 g/mol. The lowest BCUT2D eigenvalue weighted by Crippen LogP contribution is -2.45. The number of carbonyl (C=O) groups excluding carboxylic acids is 1. The Balaban J connectivity index is 1.55. The lowest BCUT2D eigenvalue weighted by atomic mass is 10.0. The van der Waals surface area contributed by atoms with Gasteiger partial charge in [0.05, 0.1) is 19.8 Å². The van der Waals surface area contributed by atoms with E-state index < -0.39 is 0 Å². The minimum Gasteiger partial charge on any atom is -0.378 e. The van der Waals surface area contributed by atoms with E-state index in [1.807, 2.05) is 23.2 Å². The van der Waals surface area contributed by atoms with Crippen molar-refractivity contribution in [3.05, 3.63) is 54.4 Å². The maximum Gasteiger partial charge on any atom is 0.236 e. The predicted octanol–water partition coefficient (Wildman–Crippen LogP) is 2.26. The lowest BCUT2D eigenvalue weighted by Gasteiger charge is -2.27. The van der Waals surface area contributed by atoms with Gasteiger partial charge in [0.2, 0.25) is 5.91 Å². The van der Waals surface area contributed by atoms with E-state index in [0.29, 0.717) is 32.8 Å². The van der Waals surface area contributed by atoms with Gasteiger partial charge in [-0.05, 0) is 29.7 Å². The number of nitrogens with one attached hydrogen (secondary N) is 1. The summed E-state index contributed by atoms with van der Waals surface area (Å²) in [6, 6.07) is 12.5. The molecule has 0 radical (unpaired) electrons. The third-order valence-electron chi connectivity index (χ3n) is 4.33. The molecule has 1 amide bonds. The Kier molecular flexibility index (Phi) is 5.56. The van der Waals surface area contributed by atoms with E-state index in [1.54, 1.807) is 6.20 Å². The number of carbonyl (C=O) groups is 1. The third kappa shape index (κ3) is 4.19. The molecule has 1 aliphatic rings. The summed E-state index contributed by atoms with van der Waals surface area (Å²) in [4.78, 5) is 18.2. The number of morpholine rings is 1. The Morgan fingerprint density at radius 3 is 2.62 bits per heavy atom. The summed E-state index contributed by atoms with van der Waals surface area (Å²) in [7, 11) is 0. The van der Waals surface area contributed by atoms with Crippen LogP contribution in [0.25, 0.3) is 11.1 Å². The summed E-state index contributed by atoms with van der Waals surface area (Å²) in [5.74, 6) is 0.136.